The van der Waals surface area contributed by atoms with E-state index in [1.807, 2.05) is 0 Å². The molecule has 0 spiro atoms. The molecule has 0 aromatic heterocycles. The topological polar surface area (TPSA) is 64.6 Å². The van der Waals surface area contributed by atoms with E-state index in [1.165, 1.54) is 12.8 Å². The fourth-order valence-electron chi connectivity index (χ4n) is 3.48. The number of nitrogens with one attached hydrogen (secondary N) is 2. The maximum absolute atomic E-state index is 12.0. The third-order valence-corrected chi connectivity index (χ3v) is 4.96. The third kappa shape index (κ3) is 3.85. The Morgan fingerprint density at radius 3 is 1.95 bits per heavy atom. The minimum atomic E-state index is -0.164. The lowest BCUT2D eigenvalue weighted by molar-refractivity contribution is 0.117. The Morgan fingerprint density at radius 2 is 1.40 bits per heavy atom. The minimum absolute atomic E-state index is 0.0174. The first-order chi connectivity index (χ1) is 9.70. The zero-order valence-corrected chi connectivity index (χ0v) is 12.2. The summed E-state index contributed by atoms with van der Waals surface area (Å²) in [6, 6.07) is 1.40. The standard InChI is InChI=1S/C15H27N3O2/c19-14-5-1-11(2-6-14)16-15(20)17-12-7-9-18(10-8-12)13-3-4-13/h11-14,19H,1-10H2,(H2,16,17,20). The van der Waals surface area contributed by atoms with Crippen molar-refractivity contribution < 1.29 is 9.90 Å². The van der Waals surface area contributed by atoms with Crippen LogP contribution in [-0.4, -0.2) is 53.4 Å². The second kappa shape index (κ2) is 6.31. The molecule has 0 unspecified atom stereocenters. The first kappa shape index (κ1) is 14.1. The number of likely N-dealkylation sites (tertiary alicyclic amines) is 1. The summed E-state index contributed by atoms with van der Waals surface area (Å²) in [5, 5.41) is 15.6. The molecule has 2 amide bonds. The van der Waals surface area contributed by atoms with Crippen molar-refractivity contribution >= 4 is 6.03 Å². The smallest absolute Gasteiger partial charge is 0.315 e. The van der Waals surface area contributed by atoms with E-state index in [1.54, 1.807) is 0 Å². The van der Waals surface area contributed by atoms with Crippen LogP contribution in [0.2, 0.25) is 0 Å². The summed E-state index contributed by atoms with van der Waals surface area (Å²) in [6.45, 7) is 2.26. The average molecular weight is 281 g/mol. The second-order valence-corrected chi connectivity index (χ2v) is 6.66. The van der Waals surface area contributed by atoms with Gasteiger partial charge in [0, 0.05) is 31.2 Å². The number of amides is 2. The van der Waals surface area contributed by atoms with Gasteiger partial charge in [-0.15, -0.1) is 0 Å². The lowest BCUT2D eigenvalue weighted by atomic mass is 9.93. The van der Waals surface area contributed by atoms with Gasteiger partial charge in [0.05, 0.1) is 6.10 Å². The van der Waals surface area contributed by atoms with Gasteiger partial charge in [0.25, 0.3) is 0 Å². The molecule has 114 valence electrons. The fraction of sp³-hybridized carbons (Fsp3) is 0.933. The molecule has 0 aromatic carbocycles. The molecule has 2 aliphatic carbocycles. The van der Waals surface area contributed by atoms with Crippen molar-refractivity contribution in [3.8, 4) is 0 Å². The zero-order valence-electron chi connectivity index (χ0n) is 12.2. The van der Waals surface area contributed by atoms with Crippen LogP contribution in [0.15, 0.2) is 0 Å². The van der Waals surface area contributed by atoms with E-state index in [4.69, 9.17) is 0 Å². The van der Waals surface area contributed by atoms with Crippen molar-refractivity contribution in [2.24, 2.45) is 0 Å². The summed E-state index contributed by atoms with van der Waals surface area (Å²) in [6.07, 6.45) is 8.14. The number of rotatable bonds is 3. The van der Waals surface area contributed by atoms with Crippen LogP contribution in [0.1, 0.15) is 51.4 Å². The average Bonchev–Trinajstić information content (AvgIpc) is 3.27. The van der Waals surface area contributed by atoms with Gasteiger partial charge in [0.2, 0.25) is 0 Å². The maximum atomic E-state index is 12.0. The quantitative estimate of drug-likeness (QED) is 0.729. The minimum Gasteiger partial charge on any atom is -0.393 e. The molecular weight excluding hydrogens is 254 g/mol. The summed E-state index contributed by atoms with van der Waals surface area (Å²) >= 11 is 0. The van der Waals surface area contributed by atoms with Crippen LogP contribution in [0, 0.1) is 0 Å². The van der Waals surface area contributed by atoms with Crippen LogP contribution in [0.4, 0.5) is 4.79 Å². The number of carbonyl (C=O) groups excluding carboxylic acids is 1. The van der Waals surface area contributed by atoms with Crippen molar-refractivity contribution in [3.63, 3.8) is 0 Å². The van der Waals surface area contributed by atoms with E-state index >= 15 is 0 Å². The second-order valence-electron chi connectivity index (χ2n) is 6.66. The van der Waals surface area contributed by atoms with Crippen LogP contribution >= 0.6 is 0 Å². The van der Waals surface area contributed by atoms with Gasteiger partial charge >= 0.3 is 6.03 Å². The molecule has 3 fully saturated rings. The highest BCUT2D eigenvalue weighted by Crippen LogP contribution is 2.29. The lowest BCUT2D eigenvalue weighted by Crippen LogP contribution is -2.51. The number of aliphatic hydroxyl groups is 1. The Kier molecular flexibility index (Phi) is 4.46. The van der Waals surface area contributed by atoms with Crippen molar-refractivity contribution in [3.05, 3.63) is 0 Å². The zero-order chi connectivity index (χ0) is 13.9. The molecule has 1 aliphatic heterocycles. The van der Waals surface area contributed by atoms with Gasteiger partial charge in [0.1, 0.15) is 0 Å². The Hall–Kier alpha value is -0.810. The van der Waals surface area contributed by atoms with Gasteiger partial charge < -0.3 is 20.6 Å². The van der Waals surface area contributed by atoms with Crippen LogP contribution in [0.25, 0.3) is 0 Å². The van der Waals surface area contributed by atoms with Crippen molar-refractivity contribution in [2.75, 3.05) is 13.1 Å². The predicted molar refractivity (Wildman–Crippen MR) is 77.5 cm³/mol. The number of hydrogen-bond acceptors (Lipinski definition) is 3. The largest absolute Gasteiger partial charge is 0.393 e. The summed E-state index contributed by atoms with van der Waals surface area (Å²) < 4.78 is 0. The fourth-order valence-corrected chi connectivity index (χ4v) is 3.48. The number of piperidine rings is 1. The Morgan fingerprint density at radius 1 is 0.850 bits per heavy atom. The molecule has 5 nitrogen and oxygen atoms in total. The van der Waals surface area contributed by atoms with E-state index in [2.05, 4.69) is 15.5 Å². The van der Waals surface area contributed by atoms with Gasteiger partial charge in [-0.3, -0.25) is 0 Å². The first-order valence-corrected chi connectivity index (χ1v) is 8.20. The Balaban J connectivity index is 1.34. The molecule has 1 saturated heterocycles. The van der Waals surface area contributed by atoms with E-state index in [9.17, 15) is 9.90 Å². The Bertz CT molecular complexity index is 330. The molecule has 3 aliphatic rings. The number of aliphatic hydroxyl groups excluding tert-OH is 1. The number of urea groups is 1. The van der Waals surface area contributed by atoms with Gasteiger partial charge in [-0.1, -0.05) is 0 Å². The van der Waals surface area contributed by atoms with Crippen LogP contribution in [0.3, 0.4) is 0 Å². The summed E-state index contributed by atoms with van der Waals surface area (Å²) in [4.78, 5) is 14.6. The van der Waals surface area contributed by atoms with Crippen molar-refractivity contribution in [2.45, 2.75) is 75.6 Å². The molecule has 0 bridgehead atoms. The van der Waals surface area contributed by atoms with E-state index in [0.29, 0.717) is 6.04 Å². The number of carbonyl (C=O) groups is 1. The highest BCUT2D eigenvalue weighted by molar-refractivity contribution is 5.74. The third-order valence-electron chi connectivity index (χ3n) is 4.96. The lowest BCUT2D eigenvalue weighted by Gasteiger charge is -2.33. The van der Waals surface area contributed by atoms with Crippen LogP contribution in [0.5, 0.6) is 0 Å². The molecule has 20 heavy (non-hydrogen) atoms. The van der Waals surface area contributed by atoms with Gasteiger partial charge in [-0.05, 0) is 51.4 Å². The van der Waals surface area contributed by atoms with E-state index in [0.717, 1.165) is 57.7 Å². The van der Waals surface area contributed by atoms with E-state index in [-0.39, 0.29) is 18.2 Å². The highest BCUT2D eigenvalue weighted by Gasteiger charge is 2.32. The molecule has 0 aromatic rings. The van der Waals surface area contributed by atoms with Gasteiger partial charge in [0.15, 0.2) is 0 Å². The predicted octanol–water partition coefficient (Wildman–Crippen LogP) is 1.22. The SMILES string of the molecule is O=C(NC1CCC(O)CC1)NC1CCN(C2CC2)CC1. The van der Waals surface area contributed by atoms with Crippen molar-refractivity contribution in [1.82, 2.24) is 15.5 Å². The normalized spacial score (nSPS) is 32.9. The highest BCUT2D eigenvalue weighted by atomic mass is 16.3. The van der Waals surface area contributed by atoms with Crippen LogP contribution < -0.4 is 10.6 Å². The first-order valence-electron chi connectivity index (χ1n) is 8.20. The van der Waals surface area contributed by atoms with Gasteiger partial charge in [-0.2, -0.15) is 0 Å². The molecule has 1 heterocycles. The Labute approximate surface area is 121 Å². The molecule has 0 atom stereocenters. The molecule has 3 N–H and O–H groups in total. The number of nitrogens with zero attached hydrogens (tertiary/aromatic N) is 1. The molecule has 5 heteroatoms. The molecule has 3 rings (SSSR count). The van der Waals surface area contributed by atoms with E-state index < -0.39 is 0 Å². The summed E-state index contributed by atoms with van der Waals surface area (Å²) in [5.41, 5.74) is 0. The maximum Gasteiger partial charge on any atom is 0.315 e. The van der Waals surface area contributed by atoms with Crippen molar-refractivity contribution in [1.29, 1.82) is 0 Å². The molecule has 2 saturated carbocycles. The molecule has 0 radical (unpaired) electrons. The number of hydrogen-bond donors (Lipinski definition) is 3. The molecular formula is C15H27N3O2. The monoisotopic (exact) mass is 281 g/mol. The van der Waals surface area contributed by atoms with Crippen LogP contribution in [-0.2, 0) is 0 Å². The summed E-state index contributed by atoms with van der Waals surface area (Å²) in [7, 11) is 0. The summed E-state index contributed by atoms with van der Waals surface area (Å²) in [5.74, 6) is 0. The van der Waals surface area contributed by atoms with Gasteiger partial charge in [-0.25, -0.2) is 4.79 Å².